The Balaban J connectivity index is 1.98. The van der Waals surface area contributed by atoms with Crippen LogP contribution in [0.2, 0.25) is 0 Å². The monoisotopic (exact) mass is 373 g/mol. The highest BCUT2D eigenvalue weighted by atomic mass is 32.1. The first-order valence-corrected chi connectivity index (χ1v) is 10.0. The minimum absolute atomic E-state index is 0.662. The van der Waals surface area contributed by atoms with Crippen molar-refractivity contribution >= 4 is 17.3 Å². The molecule has 0 radical (unpaired) electrons. The summed E-state index contributed by atoms with van der Waals surface area (Å²) in [5, 5.41) is 7.78. The molecular formula is C20H31N5S. The lowest BCUT2D eigenvalue weighted by molar-refractivity contribution is 0.345. The second kappa shape index (κ2) is 10.3. The SMILES string of the molecule is CCNC(=NCc1cccc(CN(C)CC)c1)NCc1nc(C)c(C)s1. The predicted molar refractivity (Wildman–Crippen MR) is 112 cm³/mol. The zero-order valence-electron chi connectivity index (χ0n) is 16.6. The summed E-state index contributed by atoms with van der Waals surface area (Å²) in [4.78, 5) is 12.9. The van der Waals surface area contributed by atoms with E-state index in [2.05, 4.69) is 79.5 Å². The van der Waals surface area contributed by atoms with Crippen LogP contribution in [0.15, 0.2) is 29.3 Å². The predicted octanol–water partition coefficient (Wildman–Crippen LogP) is 3.47. The first-order chi connectivity index (χ1) is 12.5. The van der Waals surface area contributed by atoms with Crippen LogP contribution >= 0.6 is 11.3 Å². The molecule has 2 aromatic rings. The standard InChI is InChI=1S/C20H31N5S/c1-6-21-20(23-13-19-24-15(3)16(4)26-19)22-12-17-9-8-10-18(11-17)14-25(5)7-2/h8-11H,6-7,12-14H2,1-5H3,(H2,21,22,23). The Kier molecular flexibility index (Phi) is 8.06. The van der Waals surface area contributed by atoms with Crippen LogP contribution in [0.4, 0.5) is 0 Å². The fourth-order valence-electron chi connectivity index (χ4n) is 2.54. The van der Waals surface area contributed by atoms with Gasteiger partial charge in [0.05, 0.1) is 18.8 Å². The van der Waals surface area contributed by atoms with E-state index >= 15 is 0 Å². The van der Waals surface area contributed by atoms with Crippen molar-refractivity contribution in [3.05, 3.63) is 51.0 Å². The molecule has 2 rings (SSSR count). The van der Waals surface area contributed by atoms with Crippen molar-refractivity contribution in [2.75, 3.05) is 20.1 Å². The van der Waals surface area contributed by atoms with Crippen LogP contribution in [0, 0.1) is 13.8 Å². The van der Waals surface area contributed by atoms with Gasteiger partial charge >= 0.3 is 0 Å². The smallest absolute Gasteiger partial charge is 0.191 e. The topological polar surface area (TPSA) is 52.6 Å². The average molecular weight is 374 g/mol. The van der Waals surface area contributed by atoms with Crippen molar-refractivity contribution in [2.24, 2.45) is 4.99 Å². The molecule has 0 aliphatic carbocycles. The molecular weight excluding hydrogens is 342 g/mol. The van der Waals surface area contributed by atoms with Gasteiger partial charge < -0.3 is 15.5 Å². The molecule has 0 aliphatic heterocycles. The summed E-state index contributed by atoms with van der Waals surface area (Å²) in [5.74, 6) is 0.828. The lowest BCUT2D eigenvalue weighted by atomic mass is 10.1. The molecule has 26 heavy (non-hydrogen) atoms. The average Bonchev–Trinajstić information content (AvgIpc) is 2.95. The molecule has 0 aliphatic rings. The zero-order valence-corrected chi connectivity index (χ0v) is 17.4. The van der Waals surface area contributed by atoms with Gasteiger partial charge in [-0.3, -0.25) is 0 Å². The number of aromatic nitrogens is 1. The van der Waals surface area contributed by atoms with E-state index in [0.29, 0.717) is 13.1 Å². The van der Waals surface area contributed by atoms with E-state index in [4.69, 9.17) is 4.99 Å². The summed E-state index contributed by atoms with van der Waals surface area (Å²) in [6.07, 6.45) is 0. The van der Waals surface area contributed by atoms with Gasteiger partial charge in [0.1, 0.15) is 5.01 Å². The van der Waals surface area contributed by atoms with E-state index in [1.54, 1.807) is 11.3 Å². The number of guanidine groups is 1. The third-order valence-electron chi connectivity index (χ3n) is 4.23. The van der Waals surface area contributed by atoms with Crippen molar-refractivity contribution < 1.29 is 0 Å². The summed E-state index contributed by atoms with van der Waals surface area (Å²) in [6.45, 7) is 12.6. The highest BCUT2D eigenvalue weighted by Crippen LogP contribution is 2.16. The molecule has 142 valence electrons. The molecule has 0 atom stereocenters. The Hall–Kier alpha value is -1.92. The van der Waals surface area contributed by atoms with Gasteiger partial charge in [0, 0.05) is 18.0 Å². The van der Waals surface area contributed by atoms with Gasteiger partial charge in [-0.05, 0) is 45.5 Å². The van der Waals surface area contributed by atoms with E-state index in [1.807, 2.05) is 0 Å². The Morgan fingerprint density at radius 2 is 1.96 bits per heavy atom. The molecule has 0 fully saturated rings. The van der Waals surface area contributed by atoms with E-state index in [0.717, 1.165) is 36.3 Å². The summed E-state index contributed by atoms with van der Waals surface area (Å²) < 4.78 is 0. The Morgan fingerprint density at radius 3 is 2.62 bits per heavy atom. The molecule has 0 bridgehead atoms. The molecule has 1 heterocycles. The largest absolute Gasteiger partial charge is 0.357 e. The van der Waals surface area contributed by atoms with Crippen molar-refractivity contribution in [1.82, 2.24) is 20.5 Å². The van der Waals surface area contributed by atoms with Crippen LogP contribution in [0.3, 0.4) is 0 Å². The molecule has 6 heteroatoms. The highest BCUT2D eigenvalue weighted by Gasteiger charge is 2.05. The summed E-state index contributed by atoms with van der Waals surface area (Å²) in [7, 11) is 2.14. The van der Waals surface area contributed by atoms with Gasteiger partial charge in [-0.15, -0.1) is 11.3 Å². The Morgan fingerprint density at radius 1 is 1.19 bits per heavy atom. The van der Waals surface area contributed by atoms with E-state index in [9.17, 15) is 0 Å². The molecule has 0 unspecified atom stereocenters. The number of aryl methyl sites for hydroxylation is 2. The van der Waals surface area contributed by atoms with Crippen LogP contribution in [0.1, 0.15) is 40.6 Å². The van der Waals surface area contributed by atoms with E-state index in [1.165, 1.54) is 16.0 Å². The lowest BCUT2D eigenvalue weighted by Crippen LogP contribution is -2.36. The van der Waals surface area contributed by atoms with Gasteiger partial charge in [-0.25, -0.2) is 9.98 Å². The van der Waals surface area contributed by atoms with Crippen LogP contribution < -0.4 is 10.6 Å². The summed E-state index contributed by atoms with van der Waals surface area (Å²) in [6, 6.07) is 8.67. The van der Waals surface area contributed by atoms with Gasteiger partial charge in [-0.2, -0.15) is 0 Å². The lowest BCUT2D eigenvalue weighted by Gasteiger charge is -2.14. The van der Waals surface area contributed by atoms with Gasteiger partial charge in [-0.1, -0.05) is 31.2 Å². The van der Waals surface area contributed by atoms with Crippen molar-refractivity contribution in [3.8, 4) is 0 Å². The van der Waals surface area contributed by atoms with Crippen LogP contribution in [0.5, 0.6) is 0 Å². The number of nitrogens with zero attached hydrogens (tertiary/aromatic N) is 3. The quantitative estimate of drug-likeness (QED) is 0.550. The van der Waals surface area contributed by atoms with Crippen molar-refractivity contribution in [1.29, 1.82) is 0 Å². The third-order valence-corrected chi connectivity index (χ3v) is 5.30. The second-order valence-electron chi connectivity index (χ2n) is 6.45. The fourth-order valence-corrected chi connectivity index (χ4v) is 3.41. The molecule has 0 saturated carbocycles. The maximum Gasteiger partial charge on any atom is 0.191 e. The first kappa shape index (κ1) is 20.4. The number of rotatable bonds is 8. The van der Waals surface area contributed by atoms with E-state index < -0.39 is 0 Å². The maximum atomic E-state index is 4.73. The van der Waals surface area contributed by atoms with Gasteiger partial charge in [0.2, 0.25) is 0 Å². The molecule has 1 aromatic heterocycles. The molecule has 0 saturated heterocycles. The molecule has 0 spiro atoms. The van der Waals surface area contributed by atoms with Crippen LogP contribution in [-0.2, 0) is 19.6 Å². The number of hydrogen-bond acceptors (Lipinski definition) is 4. The van der Waals surface area contributed by atoms with Crippen molar-refractivity contribution in [2.45, 2.75) is 47.3 Å². The van der Waals surface area contributed by atoms with Crippen molar-refractivity contribution in [3.63, 3.8) is 0 Å². The summed E-state index contributed by atoms with van der Waals surface area (Å²) >= 11 is 1.74. The minimum atomic E-state index is 0.662. The summed E-state index contributed by atoms with van der Waals surface area (Å²) in [5.41, 5.74) is 3.67. The number of aliphatic imine (C=N–C) groups is 1. The Bertz CT molecular complexity index is 703. The highest BCUT2D eigenvalue weighted by molar-refractivity contribution is 7.11. The molecule has 0 amide bonds. The molecule has 2 N–H and O–H groups in total. The number of benzene rings is 1. The van der Waals surface area contributed by atoms with Crippen LogP contribution in [0.25, 0.3) is 0 Å². The normalized spacial score (nSPS) is 11.8. The molecule has 1 aromatic carbocycles. The van der Waals surface area contributed by atoms with Crippen LogP contribution in [-0.4, -0.2) is 36.0 Å². The number of thiazole rings is 1. The number of nitrogens with one attached hydrogen (secondary N) is 2. The van der Waals surface area contributed by atoms with Gasteiger partial charge in [0.15, 0.2) is 5.96 Å². The number of hydrogen-bond donors (Lipinski definition) is 2. The zero-order chi connectivity index (χ0) is 18.9. The molecule has 5 nitrogen and oxygen atoms in total. The Labute approximate surface area is 161 Å². The minimum Gasteiger partial charge on any atom is -0.357 e. The fraction of sp³-hybridized carbons (Fsp3) is 0.500. The van der Waals surface area contributed by atoms with E-state index in [-0.39, 0.29) is 0 Å². The first-order valence-electron chi connectivity index (χ1n) is 9.23. The third kappa shape index (κ3) is 6.42. The van der Waals surface area contributed by atoms with Gasteiger partial charge in [0.25, 0.3) is 0 Å². The second-order valence-corrected chi connectivity index (χ2v) is 7.74. The maximum absolute atomic E-state index is 4.73.